The smallest absolute Gasteiger partial charge is 0.319 e. The summed E-state index contributed by atoms with van der Waals surface area (Å²) in [6.45, 7) is 1.80. The number of hydrogen-bond donors (Lipinski definition) is 0. The Balaban J connectivity index is 2.77. The molecule has 74 valence electrons. The van der Waals surface area contributed by atoms with Crippen LogP contribution in [0.15, 0.2) is 6.20 Å². The van der Waals surface area contributed by atoms with E-state index in [-0.39, 0.29) is 0 Å². The molecule has 0 unspecified atom stereocenters. The van der Waals surface area contributed by atoms with Gasteiger partial charge in [-0.1, -0.05) is 0 Å². The molecule has 0 radical (unpaired) electrons. The number of nitrogens with zero attached hydrogens (tertiary/aromatic N) is 4. The SMILES string of the molecule is COc1cnc(OC)n2nc(C)nc12. The maximum absolute atomic E-state index is 5.10. The number of aromatic nitrogens is 4. The largest absolute Gasteiger partial charge is 0.491 e. The minimum atomic E-state index is 0.390. The zero-order valence-corrected chi connectivity index (χ0v) is 8.18. The molecule has 0 aliphatic rings. The molecule has 0 aliphatic heterocycles. The summed E-state index contributed by atoms with van der Waals surface area (Å²) in [6, 6.07) is 0.390. The van der Waals surface area contributed by atoms with Gasteiger partial charge in [0.2, 0.25) is 5.65 Å². The van der Waals surface area contributed by atoms with E-state index in [1.165, 1.54) is 11.6 Å². The van der Waals surface area contributed by atoms with E-state index in [1.807, 2.05) is 0 Å². The molecule has 14 heavy (non-hydrogen) atoms. The molecule has 0 spiro atoms. The summed E-state index contributed by atoms with van der Waals surface area (Å²) in [4.78, 5) is 8.22. The quantitative estimate of drug-likeness (QED) is 0.694. The van der Waals surface area contributed by atoms with Crippen LogP contribution in [-0.4, -0.2) is 33.8 Å². The Labute approximate surface area is 80.5 Å². The predicted molar refractivity (Wildman–Crippen MR) is 48.6 cm³/mol. The first-order valence-corrected chi connectivity index (χ1v) is 4.06. The van der Waals surface area contributed by atoms with E-state index in [9.17, 15) is 0 Å². The molecule has 0 fully saturated rings. The lowest BCUT2D eigenvalue weighted by molar-refractivity contribution is 0.359. The molecule has 6 nitrogen and oxygen atoms in total. The standard InChI is InChI=1S/C8H10N4O2/c1-5-10-7-6(13-2)4-9-8(14-3)12(7)11-5/h4H,1-3H3. The van der Waals surface area contributed by atoms with Gasteiger partial charge in [0, 0.05) is 0 Å². The van der Waals surface area contributed by atoms with E-state index < -0.39 is 0 Å². The summed E-state index contributed by atoms with van der Waals surface area (Å²) < 4.78 is 11.6. The van der Waals surface area contributed by atoms with Crippen molar-refractivity contribution in [2.45, 2.75) is 6.92 Å². The highest BCUT2D eigenvalue weighted by atomic mass is 16.5. The molecular weight excluding hydrogens is 184 g/mol. The average Bonchev–Trinajstić information content (AvgIpc) is 2.57. The van der Waals surface area contributed by atoms with Crippen LogP contribution in [0.2, 0.25) is 0 Å². The number of hydrogen-bond acceptors (Lipinski definition) is 5. The summed E-state index contributed by atoms with van der Waals surface area (Å²) in [5.41, 5.74) is 0.608. The lowest BCUT2D eigenvalue weighted by Crippen LogP contribution is -2.00. The molecule has 2 heterocycles. The minimum absolute atomic E-state index is 0.390. The molecule has 2 aromatic rings. The molecule has 0 atom stereocenters. The molecule has 2 rings (SSSR count). The first kappa shape index (κ1) is 8.74. The first-order valence-electron chi connectivity index (χ1n) is 4.06. The van der Waals surface area contributed by atoms with Gasteiger partial charge in [0.25, 0.3) is 0 Å². The van der Waals surface area contributed by atoms with Crippen LogP contribution >= 0.6 is 0 Å². The Morgan fingerprint density at radius 3 is 2.71 bits per heavy atom. The van der Waals surface area contributed by atoms with Crippen LogP contribution in [0.25, 0.3) is 5.65 Å². The van der Waals surface area contributed by atoms with Crippen molar-refractivity contribution in [1.82, 2.24) is 19.6 Å². The van der Waals surface area contributed by atoms with E-state index in [0.717, 1.165) is 0 Å². The van der Waals surface area contributed by atoms with Crippen LogP contribution in [-0.2, 0) is 0 Å². The Bertz CT molecular complexity index is 425. The fourth-order valence-electron chi connectivity index (χ4n) is 1.22. The van der Waals surface area contributed by atoms with Gasteiger partial charge in [0.1, 0.15) is 5.82 Å². The van der Waals surface area contributed by atoms with Crippen LogP contribution < -0.4 is 9.47 Å². The maximum Gasteiger partial charge on any atom is 0.319 e. The molecular formula is C8H10N4O2. The molecule has 0 aromatic carbocycles. The van der Waals surface area contributed by atoms with Gasteiger partial charge >= 0.3 is 6.01 Å². The summed E-state index contributed by atoms with van der Waals surface area (Å²) in [5, 5.41) is 4.13. The van der Waals surface area contributed by atoms with Crippen molar-refractivity contribution in [3.8, 4) is 11.8 Å². The van der Waals surface area contributed by atoms with Crippen LogP contribution in [0.3, 0.4) is 0 Å². The number of aryl methyl sites for hydroxylation is 1. The molecule has 6 heteroatoms. The maximum atomic E-state index is 5.10. The first-order chi connectivity index (χ1) is 6.76. The van der Waals surface area contributed by atoms with E-state index in [0.29, 0.717) is 23.2 Å². The third-order valence-corrected chi connectivity index (χ3v) is 1.81. The van der Waals surface area contributed by atoms with Crippen LogP contribution in [0, 0.1) is 6.92 Å². The van der Waals surface area contributed by atoms with Crippen LogP contribution in [0.4, 0.5) is 0 Å². The van der Waals surface area contributed by atoms with Crippen molar-refractivity contribution in [2.75, 3.05) is 14.2 Å². The predicted octanol–water partition coefficient (Wildman–Crippen LogP) is 0.450. The zero-order valence-electron chi connectivity index (χ0n) is 8.18. The monoisotopic (exact) mass is 194 g/mol. The number of methoxy groups -OCH3 is 2. The van der Waals surface area contributed by atoms with Crippen molar-refractivity contribution >= 4 is 5.65 Å². The minimum Gasteiger partial charge on any atom is -0.491 e. The normalized spacial score (nSPS) is 10.5. The molecule has 0 aliphatic carbocycles. The molecule has 0 saturated carbocycles. The van der Waals surface area contributed by atoms with E-state index in [1.54, 1.807) is 20.2 Å². The van der Waals surface area contributed by atoms with Gasteiger partial charge in [0.15, 0.2) is 5.75 Å². The van der Waals surface area contributed by atoms with Crippen molar-refractivity contribution in [1.29, 1.82) is 0 Å². The van der Waals surface area contributed by atoms with Crippen molar-refractivity contribution in [3.63, 3.8) is 0 Å². The number of rotatable bonds is 2. The Morgan fingerprint density at radius 1 is 1.29 bits per heavy atom. The number of fused-ring (bicyclic) bond motifs is 1. The highest BCUT2D eigenvalue weighted by Gasteiger charge is 2.11. The highest BCUT2D eigenvalue weighted by Crippen LogP contribution is 2.19. The molecule has 0 bridgehead atoms. The fourth-order valence-corrected chi connectivity index (χ4v) is 1.22. The van der Waals surface area contributed by atoms with Crippen LogP contribution in [0.5, 0.6) is 11.8 Å². The van der Waals surface area contributed by atoms with Gasteiger partial charge < -0.3 is 9.47 Å². The van der Waals surface area contributed by atoms with E-state index >= 15 is 0 Å². The summed E-state index contributed by atoms with van der Waals surface area (Å²) in [5.74, 6) is 1.22. The lowest BCUT2D eigenvalue weighted by Gasteiger charge is -2.03. The van der Waals surface area contributed by atoms with E-state index in [2.05, 4.69) is 15.1 Å². The van der Waals surface area contributed by atoms with Crippen molar-refractivity contribution in [3.05, 3.63) is 12.0 Å². The highest BCUT2D eigenvalue weighted by molar-refractivity contribution is 5.52. The molecule has 0 N–H and O–H groups in total. The fraction of sp³-hybridized carbons (Fsp3) is 0.375. The van der Waals surface area contributed by atoms with Gasteiger partial charge in [-0.15, -0.1) is 5.10 Å². The van der Waals surface area contributed by atoms with Gasteiger partial charge in [-0.25, -0.2) is 4.98 Å². The third-order valence-electron chi connectivity index (χ3n) is 1.81. The third kappa shape index (κ3) is 1.15. The van der Waals surface area contributed by atoms with Gasteiger partial charge in [-0.05, 0) is 6.92 Å². The second-order valence-electron chi connectivity index (χ2n) is 2.71. The second kappa shape index (κ2) is 3.13. The molecule has 2 aromatic heterocycles. The van der Waals surface area contributed by atoms with Gasteiger partial charge in [-0.3, -0.25) is 0 Å². The molecule has 0 amide bonds. The Hall–Kier alpha value is -1.85. The summed E-state index contributed by atoms with van der Waals surface area (Å²) in [6.07, 6.45) is 1.56. The average molecular weight is 194 g/mol. The van der Waals surface area contributed by atoms with Gasteiger partial charge in [-0.2, -0.15) is 9.50 Å². The summed E-state index contributed by atoms with van der Waals surface area (Å²) in [7, 11) is 3.10. The summed E-state index contributed by atoms with van der Waals surface area (Å²) >= 11 is 0. The Morgan fingerprint density at radius 2 is 2.07 bits per heavy atom. The Kier molecular flexibility index (Phi) is 1.95. The van der Waals surface area contributed by atoms with Crippen molar-refractivity contribution in [2.24, 2.45) is 0 Å². The van der Waals surface area contributed by atoms with Crippen LogP contribution in [0.1, 0.15) is 5.82 Å². The zero-order chi connectivity index (χ0) is 10.1. The number of ether oxygens (including phenoxy) is 2. The lowest BCUT2D eigenvalue weighted by atomic mass is 10.5. The van der Waals surface area contributed by atoms with Gasteiger partial charge in [0.05, 0.1) is 20.4 Å². The topological polar surface area (TPSA) is 61.5 Å². The van der Waals surface area contributed by atoms with Crippen molar-refractivity contribution < 1.29 is 9.47 Å². The molecule has 0 saturated heterocycles. The second-order valence-corrected chi connectivity index (χ2v) is 2.71. The van der Waals surface area contributed by atoms with E-state index in [4.69, 9.17) is 9.47 Å².